The highest BCUT2D eigenvalue weighted by Gasteiger charge is 2.23. The highest BCUT2D eigenvalue weighted by molar-refractivity contribution is 4.82. The first-order valence-electron chi connectivity index (χ1n) is 4.18. The third kappa shape index (κ3) is 1.98. The smallest absolute Gasteiger partial charge is 0.00682 e. The van der Waals surface area contributed by atoms with Gasteiger partial charge in [-0.15, -0.1) is 0 Å². The van der Waals surface area contributed by atoms with Crippen LogP contribution < -0.4 is 5.32 Å². The van der Waals surface area contributed by atoms with Gasteiger partial charge in [-0.2, -0.15) is 0 Å². The highest BCUT2D eigenvalue weighted by Crippen LogP contribution is 2.32. The van der Waals surface area contributed by atoms with Crippen LogP contribution in [0.3, 0.4) is 0 Å². The summed E-state index contributed by atoms with van der Waals surface area (Å²) in [4.78, 5) is 0. The Labute approximate surface area is 56.8 Å². The van der Waals surface area contributed by atoms with E-state index in [1.807, 2.05) is 0 Å². The Kier molecular flexibility index (Phi) is 1.46. The second-order valence-corrected chi connectivity index (χ2v) is 3.46. The van der Waals surface area contributed by atoms with Crippen LogP contribution in [0.2, 0.25) is 0 Å². The van der Waals surface area contributed by atoms with E-state index in [4.69, 9.17) is 0 Å². The van der Waals surface area contributed by atoms with Crippen LogP contribution in [0.4, 0.5) is 0 Å². The molecule has 0 aromatic rings. The lowest BCUT2D eigenvalue weighted by Gasteiger charge is -1.98. The molecule has 0 aliphatic heterocycles. The van der Waals surface area contributed by atoms with Crippen molar-refractivity contribution in [3.63, 3.8) is 0 Å². The largest absolute Gasteiger partial charge is 0.314 e. The molecule has 2 fully saturated rings. The van der Waals surface area contributed by atoms with Crippen molar-refractivity contribution in [3.8, 4) is 0 Å². The summed E-state index contributed by atoms with van der Waals surface area (Å²) >= 11 is 0. The quantitative estimate of drug-likeness (QED) is 0.601. The SMILES string of the molecule is C(CC1CC1)NC1CC1. The van der Waals surface area contributed by atoms with Gasteiger partial charge in [-0.05, 0) is 31.7 Å². The monoisotopic (exact) mass is 125 g/mol. The van der Waals surface area contributed by atoms with E-state index >= 15 is 0 Å². The first kappa shape index (κ1) is 5.72. The first-order chi connectivity index (χ1) is 4.45. The molecule has 0 amide bonds. The van der Waals surface area contributed by atoms with Gasteiger partial charge < -0.3 is 5.32 Å². The number of rotatable bonds is 4. The molecule has 1 N–H and O–H groups in total. The van der Waals surface area contributed by atoms with Crippen LogP contribution in [0.25, 0.3) is 0 Å². The predicted octanol–water partition coefficient (Wildman–Crippen LogP) is 1.54. The van der Waals surface area contributed by atoms with Crippen LogP contribution >= 0.6 is 0 Å². The van der Waals surface area contributed by atoms with Crippen molar-refractivity contribution in [3.05, 3.63) is 0 Å². The van der Waals surface area contributed by atoms with E-state index in [9.17, 15) is 0 Å². The molecule has 9 heavy (non-hydrogen) atoms. The van der Waals surface area contributed by atoms with E-state index in [0.717, 1.165) is 12.0 Å². The number of hydrogen-bond acceptors (Lipinski definition) is 1. The standard InChI is InChI=1S/C8H15N/c1-2-7(1)5-6-9-8-3-4-8/h7-9H,1-6H2. The molecule has 2 aliphatic rings. The molecule has 1 nitrogen and oxygen atoms in total. The van der Waals surface area contributed by atoms with Gasteiger partial charge in [-0.25, -0.2) is 0 Å². The van der Waals surface area contributed by atoms with Gasteiger partial charge in [0.1, 0.15) is 0 Å². The van der Waals surface area contributed by atoms with Gasteiger partial charge in [-0.3, -0.25) is 0 Å². The maximum Gasteiger partial charge on any atom is 0.00682 e. The van der Waals surface area contributed by atoms with Crippen LogP contribution in [0.5, 0.6) is 0 Å². The van der Waals surface area contributed by atoms with E-state index in [1.54, 1.807) is 0 Å². The van der Waals surface area contributed by atoms with Gasteiger partial charge >= 0.3 is 0 Å². The lowest BCUT2D eigenvalue weighted by molar-refractivity contribution is 0.610. The second-order valence-electron chi connectivity index (χ2n) is 3.46. The molecule has 0 heterocycles. The molecule has 0 spiro atoms. The molecule has 2 aliphatic carbocycles. The maximum absolute atomic E-state index is 3.53. The molecule has 0 saturated heterocycles. The Hall–Kier alpha value is -0.0400. The van der Waals surface area contributed by atoms with E-state index in [0.29, 0.717) is 0 Å². The van der Waals surface area contributed by atoms with Gasteiger partial charge in [-0.1, -0.05) is 12.8 Å². The summed E-state index contributed by atoms with van der Waals surface area (Å²) in [5.74, 6) is 1.11. The molecule has 2 saturated carbocycles. The van der Waals surface area contributed by atoms with Crippen LogP contribution in [0, 0.1) is 5.92 Å². The molecule has 0 radical (unpaired) electrons. The predicted molar refractivity (Wildman–Crippen MR) is 38.4 cm³/mol. The van der Waals surface area contributed by atoms with Crippen LogP contribution in [-0.2, 0) is 0 Å². The fraction of sp³-hybridized carbons (Fsp3) is 1.00. The Morgan fingerprint density at radius 3 is 2.44 bits per heavy atom. The zero-order chi connectivity index (χ0) is 6.10. The van der Waals surface area contributed by atoms with Gasteiger partial charge in [0.25, 0.3) is 0 Å². The fourth-order valence-electron chi connectivity index (χ4n) is 1.19. The molecule has 52 valence electrons. The van der Waals surface area contributed by atoms with Crippen molar-refractivity contribution in [2.45, 2.75) is 38.1 Å². The lowest BCUT2D eigenvalue weighted by atomic mass is 10.3. The van der Waals surface area contributed by atoms with Crippen LogP contribution in [-0.4, -0.2) is 12.6 Å². The molecule has 0 aromatic carbocycles. The van der Waals surface area contributed by atoms with Gasteiger partial charge in [0.05, 0.1) is 0 Å². The summed E-state index contributed by atoms with van der Waals surface area (Å²) in [7, 11) is 0. The fourth-order valence-corrected chi connectivity index (χ4v) is 1.19. The van der Waals surface area contributed by atoms with Crippen molar-refractivity contribution in [1.82, 2.24) is 5.32 Å². The van der Waals surface area contributed by atoms with Crippen molar-refractivity contribution >= 4 is 0 Å². The zero-order valence-electron chi connectivity index (χ0n) is 5.90. The van der Waals surface area contributed by atoms with E-state index in [-0.39, 0.29) is 0 Å². The molecule has 2 rings (SSSR count). The first-order valence-corrected chi connectivity index (χ1v) is 4.18. The van der Waals surface area contributed by atoms with Crippen LogP contribution in [0.1, 0.15) is 32.1 Å². The molecule has 0 unspecified atom stereocenters. The zero-order valence-corrected chi connectivity index (χ0v) is 5.90. The van der Waals surface area contributed by atoms with Crippen molar-refractivity contribution in [1.29, 1.82) is 0 Å². The second kappa shape index (κ2) is 2.30. The van der Waals surface area contributed by atoms with E-state index < -0.39 is 0 Å². The third-order valence-corrected chi connectivity index (χ3v) is 2.26. The van der Waals surface area contributed by atoms with Crippen molar-refractivity contribution in [2.24, 2.45) is 5.92 Å². The van der Waals surface area contributed by atoms with Crippen molar-refractivity contribution < 1.29 is 0 Å². The minimum absolute atomic E-state index is 0.920. The normalized spacial score (nSPS) is 26.7. The van der Waals surface area contributed by atoms with Gasteiger partial charge in [0.2, 0.25) is 0 Å². The van der Waals surface area contributed by atoms with E-state index in [1.165, 1.54) is 38.6 Å². The highest BCUT2D eigenvalue weighted by atomic mass is 14.9. The molecule has 1 heteroatoms. The Bertz CT molecular complexity index is 80.7. The summed E-state index contributed by atoms with van der Waals surface area (Å²) in [5.41, 5.74) is 0. The molecule has 0 bridgehead atoms. The number of nitrogens with one attached hydrogen (secondary N) is 1. The molecular weight excluding hydrogens is 110 g/mol. The van der Waals surface area contributed by atoms with E-state index in [2.05, 4.69) is 5.32 Å². The summed E-state index contributed by atoms with van der Waals surface area (Å²) in [6.45, 7) is 1.29. The van der Waals surface area contributed by atoms with Crippen LogP contribution in [0.15, 0.2) is 0 Å². The summed E-state index contributed by atoms with van der Waals surface area (Å²) in [6.07, 6.45) is 7.32. The molecular formula is C8H15N. The minimum Gasteiger partial charge on any atom is -0.314 e. The average molecular weight is 125 g/mol. The molecule has 0 aromatic heterocycles. The third-order valence-electron chi connectivity index (χ3n) is 2.26. The lowest BCUT2D eigenvalue weighted by Crippen LogP contribution is -2.17. The maximum atomic E-state index is 3.53. The summed E-state index contributed by atoms with van der Waals surface area (Å²) < 4.78 is 0. The van der Waals surface area contributed by atoms with Crippen molar-refractivity contribution in [2.75, 3.05) is 6.54 Å². The average Bonchev–Trinajstić information content (AvgIpc) is 2.57. The minimum atomic E-state index is 0.920. The Morgan fingerprint density at radius 2 is 1.89 bits per heavy atom. The Morgan fingerprint density at radius 1 is 1.11 bits per heavy atom. The Balaban J connectivity index is 1.46. The van der Waals surface area contributed by atoms with Gasteiger partial charge in [0, 0.05) is 6.04 Å². The number of hydrogen-bond donors (Lipinski definition) is 1. The summed E-state index contributed by atoms with van der Waals surface area (Å²) in [5, 5.41) is 3.53. The molecule has 0 atom stereocenters. The topological polar surface area (TPSA) is 12.0 Å². The summed E-state index contributed by atoms with van der Waals surface area (Å²) in [6, 6.07) is 0.920. The van der Waals surface area contributed by atoms with Gasteiger partial charge in [0.15, 0.2) is 0 Å².